The van der Waals surface area contributed by atoms with E-state index >= 15 is 0 Å². The molecular weight excluding hydrogens is 272 g/mol. The molecule has 0 fully saturated rings. The fraction of sp³-hybridized carbons (Fsp3) is 0.533. The molecule has 110 valence electrons. The lowest BCUT2D eigenvalue weighted by atomic mass is 10.3. The molecule has 0 aliphatic heterocycles. The second kappa shape index (κ2) is 9.54. The summed E-state index contributed by atoms with van der Waals surface area (Å²) < 4.78 is 0. The monoisotopic (exact) mass is 294 g/mol. The zero-order valence-corrected chi connectivity index (χ0v) is 12.9. The highest BCUT2D eigenvalue weighted by molar-refractivity contribution is 7.10. The summed E-state index contributed by atoms with van der Waals surface area (Å²) in [7, 11) is 1.93. The van der Waals surface area contributed by atoms with Crippen molar-refractivity contribution in [2.24, 2.45) is 0 Å². The molecule has 0 aromatic carbocycles. The molecule has 0 saturated carbocycles. The normalized spacial score (nSPS) is 10.2. The molecule has 4 nitrogen and oxygen atoms in total. The molecule has 5 heteroatoms. The van der Waals surface area contributed by atoms with Crippen LogP contribution in [0.4, 0.5) is 0 Å². The van der Waals surface area contributed by atoms with Crippen molar-refractivity contribution < 1.29 is 9.90 Å². The molecule has 0 aliphatic carbocycles. The number of hydrogen-bond donors (Lipinski definition) is 2. The molecule has 20 heavy (non-hydrogen) atoms. The molecule has 0 atom stereocenters. The van der Waals surface area contributed by atoms with Gasteiger partial charge in [0.2, 0.25) is 5.91 Å². The molecule has 0 unspecified atom stereocenters. The van der Waals surface area contributed by atoms with Gasteiger partial charge in [-0.15, -0.1) is 11.3 Å². The van der Waals surface area contributed by atoms with Crippen LogP contribution in [0.1, 0.15) is 30.2 Å². The number of carbonyl (C=O) groups is 1. The number of aliphatic hydroxyl groups excluding tert-OH is 1. The van der Waals surface area contributed by atoms with E-state index in [9.17, 15) is 4.79 Å². The van der Waals surface area contributed by atoms with Crippen LogP contribution in [-0.2, 0) is 11.3 Å². The zero-order chi connectivity index (χ0) is 14.8. The quantitative estimate of drug-likeness (QED) is 0.748. The number of nitrogens with one attached hydrogen (secondary N) is 1. The minimum Gasteiger partial charge on any atom is -0.395 e. The lowest BCUT2D eigenvalue weighted by molar-refractivity contribution is -0.122. The predicted molar refractivity (Wildman–Crippen MR) is 82.5 cm³/mol. The first-order valence-corrected chi connectivity index (χ1v) is 7.66. The lowest BCUT2D eigenvalue weighted by Crippen LogP contribution is -2.35. The number of likely N-dealkylation sites (N-methyl/N-ethyl adjacent to an activating group) is 1. The summed E-state index contributed by atoms with van der Waals surface area (Å²) in [6.07, 6.45) is 1.46. The Bertz CT molecular complexity index is 474. The summed E-state index contributed by atoms with van der Waals surface area (Å²) >= 11 is 1.64. The Morgan fingerprint density at radius 1 is 1.55 bits per heavy atom. The van der Waals surface area contributed by atoms with Gasteiger partial charge in [-0.25, -0.2) is 0 Å². The molecule has 1 aromatic heterocycles. The summed E-state index contributed by atoms with van der Waals surface area (Å²) in [5.74, 6) is 5.98. The first-order valence-electron chi connectivity index (χ1n) is 6.78. The maximum atomic E-state index is 11.6. The standard InChI is InChI=1S/C15H22N2O2S/c1-3-7-16-15(19)11-17(2)10-14-9-13(12-20-14)6-4-5-8-18/h9,12,18H,3,5,7-8,10-11H2,1-2H3,(H,16,19). The van der Waals surface area contributed by atoms with E-state index in [1.54, 1.807) is 11.3 Å². The average Bonchev–Trinajstić information content (AvgIpc) is 2.84. The van der Waals surface area contributed by atoms with E-state index in [4.69, 9.17) is 5.11 Å². The Labute approximate surface area is 124 Å². The van der Waals surface area contributed by atoms with Crippen LogP contribution < -0.4 is 5.32 Å². The van der Waals surface area contributed by atoms with E-state index in [1.165, 1.54) is 4.88 Å². The van der Waals surface area contributed by atoms with Crippen LogP contribution in [0, 0.1) is 11.8 Å². The first kappa shape index (κ1) is 16.7. The molecule has 2 N–H and O–H groups in total. The highest BCUT2D eigenvalue weighted by Crippen LogP contribution is 2.15. The van der Waals surface area contributed by atoms with Gasteiger partial charge in [0.1, 0.15) is 0 Å². The Kier molecular flexibility index (Phi) is 7.97. The topological polar surface area (TPSA) is 52.6 Å². The van der Waals surface area contributed by atoms with Crippen LogP contribution in [0.3, 0.4) is 0 Å². The number of carbonyl (C=O) groups excluding carboxylic acids is 1. The molecule has 0 radical (unpaired) electrons. The molecule has 1 rings (SSSR count). The van der Waals surface area contributed by atoms with E-state index in [0.29, 0.717) is 13.0 Å². The molecule has 0 spiro atoms. The van der Waals surface area contributed by atoms with Gasteiger partial charge >= 0.3 is 0 Å². The van der Waals surface area contributed by atoms with Crippen molar-refractivity contribution in [3.8, 4) is 11.8 Å². The first-order chi connectivity index (χ1) is 9.65. The van der Waals surface area contributed by atoms with E-state index in [1.807, 2.05) is 30.3 Å². The van der Waals surface area contributed by atoms with Gasteiger partial charge in [0.25, 0.3) is 0 Å². The zero-order valence-electron chi connectivity index (χ0n) is 12.1. The fourth-order valence-corrected chi connectivity index (χ4v) is 2.53. The summed E-state index contributed by atoms with van der Waals surface area (Å²) in [5, 5.41) is 13.5. The van der Waals surface area contributed by atoms with Gasteiger partial charge in [0, 0.05) is 35.3 Å². The number of thiophene rings is 1. The largest absolute Gasteiger partial charge is 0.395 e. The van der Waals surface area contributed by atoms with Gasteiger partial charge in [-0.3, -0.25) is 9.69 Å². The van der Waals surface area contributed by atoms with Crippen LogP contribution >= 0.6 is 11.3 Å². The Morgan fingerprint density at radius 3 is 3.05 bits per heavy atom. The molecule has 1 amide bonds. The predicted octanol–water partition coefficient (Wildman–Crippen LogP) is 1.44. The van der Waals surface area contributed by atoms with Gasteiger partial charge < -0.3 is 10.4 Å². The highest BCUT2D eigenvalue weighted by atomic mass is 32.1. The maximum absolute atomic E-state index is 11.6. The van der Waals surface area contributed by atoms with Crippen LogP contribution in [0.25, 0.3) is 0 Å². The smallest absolute Gasteiger partial charge is 0.234 e. The highest BCUT2D eigenvalue weighted by Gasteiger charge is 2.07. The van der Waals surface area contributed by atoms with E-state index in [0.717, 1.165) is 25.1 Å². The summed E-state index contributed by atoms with van der Waals surface area (Å²) in [6, 6.07) is 2.04. The van der Waals surface area contributed by atoms with Crippen molar-refractivity contribution in [1.82, 2.24) is 10.2 Å². The summed E-state index contributed by atoms with van der Waals surface area (Å²) in [5.41, 5.74) is 0.974. The van der Waals surface area contributed by atoms with E-state index in [2.05, 4.69) is 17.2 Å². The van der Waals surface area contributed by atoms with Crippen molar-refractivity contribution in [1.29, 1.82) is 0 Å². The van der Waals surface area contributed by atoms with Gasteiger partial charge in [-0.2, -0.15) is 0 Å². The van der Waals surface area contributed by atoms with Crippen molar-refractivity contribution in [2.75, 3.05) is 26.7 Å². The fourth-order valence-electron chi connectivity index (χ4n) is 1.64. The van der Waals surface area contributed by atoms with Crippen LogP contribution in [0.15, 0.2) is 11.4 Å². The molecule has 1 heterocycles. The van der Waals surface area contributed by atoms with Crippen LogP contribution in [0.5, 0.6) is 0 Å². The van der Waals surface area contributed by atoms with Crippen molar-refractivity contribution >= 4 is 17.2 Å². The average molecular weight is 294 g/mol. The van der Waals surface area contributed by atoms with Gasteiger partial charge in [0.05, 0.1) is 13.2 Å². The third kappa shape index (κ3) is 6.71. The summed E-state index contributed by atoms with van der Waals surface area (Å²) in [4.78, 5) is 14.8. The number of hydrogen-bond acceptors (Lipinski definition) is 4. The lowest BCUT2D eigenvalue weighted by Gasteiger charge is -2.14. The van der Waals surface area contributed by atoms with Crippen molar-refractivity contribution in [2.45, 2.75) is 26.3 Å². The second-order valence-corrected chi connectivity index (χ2v) is 5.60. The van der Waals surface area contributed by atoms with Crippen LogP contribution in [-0.4, -0.2) is 42.7 Å². The third-order valence-electron chi connectivity index (χ3n) is 2.53. The maximum Gasteiger partial charge on any atom is 0.234 e. The number of aliphatic hydroxyl groups is 1. The molecule has 1 aromatic rings. The van der Waals surface area contributed by atoms with Gasteiger partial charge in [-0.05, 0) is 19.5 Å². The van der Waals surface area contributed by atoms with Gasteiger partial charge in [-0.1, -0.05) is 18.8 Å². The van der Waals surface area contributed by atoms with E-state index in [-0.39, 0.29) is 12.5 Å². The number of nitrogens with zero attached hydrogens (tertiary/aromatic N) is 1. The molecule has 0 aliphatic rings. The Hall–Kier alpha value is -1.35. The molecule has 0 saturated heterocycles. The Balaban J connectivity index is 2.40. The summed E-state index contributed by atoms with van der Waals surface area (Å²) in [6.45, 7) is 4.01. The van der Waals surface area contributed by atoms with Crippen molar-refractivity contribution in [3.05, 3.63) is 21.9 Å². The number of rotatable bonds is 7. The van der Waals surface area contributed by atoms with Crippen molar-refractivity contribution in [3.63, 3.8) is 0 Å². The second-order valence-electron chi connectivity index (χ2n) is 4.60. The van der Waals surface area contributed by atoms with Crippen LogP contribution in [0.2, 0.25) is 0 Å². The molecule has 0 bridgehead atoms. The van der Waals surface area contributed by atoms with Gasteiger partial charge in [0.15, 0.2) is 0 Å². The minimum atomic E-state index is 0.0638. The minimum absolute atomic E-state index is 0.0638. The number of amides is 1. The SMILES string of the molecule is CCCNC(=O)CN(C)Cc1cc(C#CCCO)cs1. The third-order valence-corrected chi connectivity index (χ3v) is 3.46. The molecular formula is C15H22N2O2S. The Morgan fingerprint density at radius 2 is 2.35 bits per heavy atom. The van der Waals surface area contributed by atoms with E-state index < -0.39 is 0 Å².